The molecule has 0 bridgehead atoms. The number of thiophene rings is 1. The Balaban J connectivity index is 0.000000482. The Hall–Kier alpha value is -3.57. The van der Waals surface area contributed by atoms with E-state index in [1.165, 1.54) is 24.2 Å². The molecule has 0 saturated carbocycles. The summed E-state index contributed by atoms with van der Waals surface area (Å²) in [7, 11) is 1.59. The lowest BCUT2D eigenvalue weighted by molar-refractivity contribution is -0.134. The van der Waals surface area contributed by atoms with Crippen molar-refractivity contribution in [2.75, 3.05) is 38.7 Å². The summed E-state index contributed by atoms with van der Waals surface area (Å²) in [6, 6.07) is 14.6. The van der Waals surface area contributed by atoms with Crippen LogP contribution in [0.2, 0.25) is 10.0 Å². The first-order chi connectivity index (χ1) is 19.2. The average molecular weight is 608 g/mol. The fourth-order valence-corrected chi connectivity index (χ4v) is 5.22. The van der Waals surface area contributed by atoms with Crippen LogP contribution in [0.5, 0.6) is 11.5 Å². The zero-order chi connectivity index (χ0) is 29.1. The van der Waals surface area contributed by atoms with Crippen LogP contribution in [0.25, 0.3) is 10.4 Å². The molecule has 12 heteroatoms. The van der Waals surface area contributed by atoms with Crippen LogP contribution < -0.4 is 14.8 Å². The van der Waals surface area contributed by atoms with Gasteiger partial charge in [-0.1, -0.05) is 35.3 Å². The minimum absolute atomic E-state index is 0.273. The van der Waals surface area contributed by atoms with E-state index in [0.717, 1.165) is 30.1 Å². The van der Waals surface area contributed by atoms with E-state index < -0.39 is 11.9 Å². The van der Waals surface area contributed by atoms with Crippen molar-refractivity contribution in [3.8, 4) is 21.9 Å². The molecule has 1 aliphatic heterocycles. The van der Waals surface area contributed by atoms with Gasteiger partial charge in [0, 0.05) is 40.4 Å². The Labute approximate surface area is 245 Å². The third-order valence-electron chi connectivity index (χ3n) is 5.68. The number of halogens is 2. The number of nitrogens with one attached hydrogen (secondary N) is 1. The summed E-state index contributed by atoms with van der Waals surface area (Å²) >= 11 is 13.7. The van der Waals surface area contributed by atoms with Gasteiger partial charge in [0.05, 0.1) is 12.1 Å². The zero-order valence-electron chi connectivity index (χ0n) is 21.6. The third kappa shape index (κ3) is 9.56. The molecule has 2 aromatic carbocycles. The number of rotatable bonds is 10. The second-order valence-electron chi connectivity index (χ2n) is 8.52. The number of methoxy groups -OCH3 is 1. The second kappa shape index (κ2) is 15.3. The van der Waals surface area contributed by atoms with Gasteiger partial charge in [0.2, 0.25) is 0 Å². The summed E-state index contributed by atoms with van der Waals surface area (Å²) in [4.78, 5) is 35.7. The highest BCUT2D eigenvalue weighted by Gasteiger charge is 2.18. The van der Waals surface area contributed by atoms with Crippen LogP contribution in [-0.2, 0) is 9.59 Å². The fraction of sp³-hybridized carbons (Fsp3) is 0.250. The molecule has 2 heterocycles. The smallest absolute Gasteiger partial charge is 0.328 e. The lowest BCUT2D eigenvalue weighted by atomic mass is 10.2. The van der Waals surface area contributed by atoms with Gasteiger partial charge in [-0.25, -0.2) is 9.59 Å². The number of anilines is 1. The largest absolute Gasteiger partial charge is 0.493 e. The second-order valence-corrected chi connectivity index (χ2v) is 10.4. The molecule has 3 N–H and O–H groups in total. The maximum atomic E-state index is 12.9. The summed E-state index contributed by atoms with van der Waals surface area (Å²) in [5, 5.41) is 19.6. The predicted octanol–water partition coefficient (Wildman–Crippen LogP) is 6.17. The Morgan fingerprint density at radius 2 is 1.62 bits per heavy atom. The number of hydrogen-bond acceptors (Lipinski definition) is 7. The maximum absolute atomic E-state index is 12.9. The van der Waals surface area contributed by atoms with Gasteiger partial charge in [-0.3, -0.25) is 9.69 Å². The molecule has 4 rings (SSSR count). The predicted molar refractivity (Wildman–Crippen MR) is 156 cm³/mol. The quantitative estimate of drug-likeness (QED) is 0.234. The number of hydrogen-bond donors (Lipinski definition) is 3. The van der Waals surface area contributed by atoms with Crippen LogP contribution in [-0.4, -0.2) is 66.3 Å². The molecule has 0 radical (unpaired) electrons. The van der Waals surface area contributed by atoms with Gasteiger partial charge in [0.25, 0.3) is 5.91 Å². The van der Waals surface area contributed by atoms with Gasteiger partial charge in [0.1, 0.15) is 11.5 Å². The summed E-state index contributed by atoms with van der Waals surface area (Å²) in [6.07, 6.45) is 3.63. The topological polar surface area (TPSA) is 125 Å². The molecule has 0 unspecified atom stereocenters. The van der Waals surface area contributed by atoms with Gasteiger partial charge in [-0.05, 0) is 61.8 Å². The van der Waals surface area contributed by atoms with Crippen molar-refractivity contribution < 1.29 is 34.1 Å². The number of nitrogens with zero attached hydrogens (tertiary/aromatic N) is 1. The number of amides is 1. The van der Waals surface area contributed by atoms with Crippen molar-refractivity contribution >= 4 is 58.1 Å². The molecule has 9 nitrogen and oxygen atoms in total. The number of ether oxygens (including phenoxy) is 2. The number of likely N-dealkylation sites (tertiary alicyclic amines) is 1. The van der Waals surface area contributed by atoms with Crippen LogP contribution in [0.15, 0.2) is 60.7 Å². The molecule has 1 aliphatic rings. The van der Waals surface area contributed by atoms with Gasteiger partial charge >= 0.3 is 11.9 Å². The van der Waals surface area contributed by atoms with Crippen molar-refractivity contribution in [2.24, 2.45) is 0 Å². The standard InChI is InChI=1S/C24H24Cl2N2O3S.C4H4O4/c1-30-21-14-18(8-9-20(21)31-13-12-28-10-2-3-11-28)27-24(29)23-19(26)15-22(32-23)16-4-6-17(25)7-5-16;5-3(6)1-2-4(7)8/h4-9,14-15H,2-3,10-13H2,1H3,(H,27,29);1-2H,(H,5,6)(H,7,8)/b;2-1-. The van der Waals surface area contributed by atoms with Crippen LogP contribution in [0, 0.1) is 0 Å². The van der Waals surface area contributed by atoms with E-state index in [0.29, 0.717) is 50.9 Å². The van der Waals surface area contributed by atoms with E-state index in [1.807, 2.05) is 30.3 Å². The Morgan fingerprint density at radius 1 is 0.975 bits per heavy atom. The highest BCUT2D eigenvalue weighted by atomic mass is 35.5. The first-order valence-electron chi connectivity index (χ1n) is 12.2. The van der Waals surface area contributed by atoms with E-state index in [1.54, 1.807) is 25.3 Å². The number of carbonyl (C=O) groups excluding carboxylic acids is 1. The van der Waals surface area contributed by atoms with E-state index >= 15 is 0 Å². The summed E-state index contributed by atoms with van der Waals surface area (Å²) < 4.78 is 11.4. The maximum Gasteiger partial charge on any atom is 0.328 e. The summed E-state index contributed by atoms with van der Waals surface area (Å²) in [5.74, 6) is -1.56. The molecule has 1 fully saturated rings. The molecule has 0 atom stereocenters. The molecule has 0 spiro atoms. The van der Waals surface area contributed by atoms with Crippen molar-refractivity contribution in [3.63, 3.8) is 0 Å². The van der Waals surface area contributed by atoms with Crippen molar-refractivity contribution in [2.45, 2.75) is 12.8 Å². The van der Waals surface area contributed by atoms with E-state index in [4.69, 9.17) is 42.9 Å². The Kier molecular flexibility index (Phi) is 11.8. The Bertz CT molecular complexity index is 1340. The van der Waals surface area contributed by atoms with Crippen LogP contribution in [0.1, 0.15) is 22.5 Å². The van der Waals surface area contributed by atoms with Gasteiger partial charge in [0.15, 0.2) is 11.5 Å². The number of carbonyl (C=O) groups is 3. The fourth-order valence-electron chi connectivity index (χ4n) is 3.77. The number of aliphatic carboxylic acids is 2. The molecule has 212 valence electrons. The summed E-state index contributed by atoms with van der Waals surface area (Å²) in [6.45, 7) is 3.77. The molecule has 40 heavy (non-hydrogen) atoms. The summed E-state index contributed by atoms with van der Waals surface area (Å²) in [5.41, 5.74) is 1.56. The van der Waals surface area contributed by atoms with E-state index in [9.17, 15) is 14.4 Å². The minimum atomic E-state index is -1.26. The third-order valence-corrected chi connectivity index (χ3v) is 7.52. The molecular formula is C28H28Cl2N2O7S. The molecule has 1 aromatic heterocycles. The molecule has 0 aliphatic carbocycles. The number of benzene rings is 2. The van der Waals surface area contributed by atoms with Gasteiger partial charge < -0.3 is 25.0 Å². The highest BCUT2D eigenvalue weighted by molar-refractivity contribution is 7.18. The monoisotopic (exact) mass is 606 g/mol. The van der Waals surface area contributed by atoms with E-state index in [2.05, 4.69) is 10.2 Å². The molecule has 1 saturated heterocycles. The highest BCUT2D eigenvalue weighted by Crippen LogP contribution is 2.36. The first kappa shape index (κ1) is 31.0. The lowest BCUT2D eigenvalue weighted by Gasteiger charge is -2.16. The van der Waals surface area contributed by atoms with Crippen molar-refractivity contribution in [3.05, 3.63) is 75.6 Å². The first-order valence-corrected chi connectivity index (χ1v) is 13.8. The minimum Gasteiger partial charge on any atom is -0.493 e. The number of carboxylic acid groups (broad SMARTS) is 2. The number of carboxylic acids is 2. The van der Waals surface area contributed by atoms with Crippen molar-refractivity contribution in [1.82, 2.24) is 4.90 Å². The van der Waals surface area contributed by atoms with Gasteiger partial charge in [-0.2, -0.15) is 0 Å². The van der Waals surface area contributed by atoms with E-state index in [-0.39, 0.29) is 5.91 Å². The molecule has 1 amide bonds. The lowest BCUT2D eigenvalue weighted by Crippen LogP contribution is -2.25. The zero-order valence-corrected chi connectivity index (χ0v) is 23.9. The van der Waals surface area contributed by atoms with Crippen molar-refractivity contribution in [1.29, 1.82) is 0 Å². The van der Waals surface area contributed by atoms with Crippen LogP contribution >= 0.6 is 34.5 Å². The molecule has 3 aromatic rings. The normalized spacial score (nSPS) is 13.0. The average Bonchev–Trinajstić information content (AvgIpc) is 3.59. The van der Waals surface area contributed by atoms with Gasteiger partial charge in [-0.15, -0.1) is 11.3 Å². The van der Waals surface area contributed by atoms with Crippen LogP contribution in [0.3, 0.4) is 0 Å². The van der Waals surface area contributed by atoms with Crippen LogP contribution in [0.4, 0.5) is 5.69 Å². The molecular weight excluding hydrogens is 579 g/mol. The SMILES string of the molecule is COc1cc(NC(=O)c2sc(-c3ccc(Cl)cc3)cc2Cl)ccc1OCCN1CCCC1.O=C(O)/C=C\C(=O)O. The Morgan fingerprint density at radius 3 is 2.23 bits per heavy atom.